The van der Waals surface area contributed by atoms with Crippen molar-refractivity contribution >= 4 is 17.6 Å². The second kappa shape index (κ2) is 7.66. The van der Waals surface area contributed by atoms with Gasteiger partial charge < -0.3 is 19.3 Å². The van der Waals surface area contributed by atoms with E-state index in [2.05, 4.69) is 26.2 Å². The van der Waals surface area contributed by atoms with E-state index in [1.54, 1.807) is 20.1 Å². The second-order valence-corrected chi connectivity index (χ2v) is 7.10. The van der Waals surface area contributed by atoms with Gasteiger partial charge in [-0.25, -0.2) is 4.79 Å². The Balaban J connectivity index is 2.40. The third-order valence-electron chi connectivity index (χ3n) is 5.85. The van der Waals surface area contributed by atoms with Gasteiger partial charge in [-0.05, 0) is 45.4 Å². The molecular weight excluding hydrogens is 332 g/mol. The predicted octanol–water partition coefficient (Wildman–Crippen LogP) is 3.14. The van der Waals surface area contributed by atoms with Crippen molar-refractivity contribution in [3.05, 3.63) is 23.3 Å². The highest BCUT2D eigenvalue weighted by molar-refractivity contribution is 6.06. The Morgan fingerprint density at radius 1 is 1.19 bits per heavy atom. The fourth-order valence-electron chi connectivity index (χ4n) is 3.60. The molecule has 1 N–H and O–H groups in total. The van der Waals surface area contributed by atoms with Crippen molar-refractivity contribution in [2.24, 2.45) is 0 Å². The van der Waals surface area contributed by atoms with Gasteiger partial charge in [-0.1, -0.05) is 0 Å². The van der Waals surface area contributed by atoms with Gasteiger partial charge in [-0.3, -0.25) is 4.79 Å². The molecule has 144 valence electrons. The number of benzene rings is 1. The summed E-state index contributed by atoms with van der Waals surface area (Å²) in [6.07, 6.45) is 1.72. The van der Waals surface area contributed by atoms with Gasteiger partial charge in [0.25, 0.3) is 5.91 Å². The molecule has 0 unspecified atom stereocenters. The molecule has 2 rings (SSSR count). The molecule has 1 saturated carbocycles. The maximum atomic E-state index is 13.2. The lowest BCUT2D eigenvalue weighted by Crippen LogP contribution is -2.59. The van der Waals surface area contributed by atoms with E-state index in [0.717, 1.165) is 31.5 Å². The Kier molecular flexibility index (Phi) is 5.96. The van der Waals surface area contributed by atoms with E-state index in [4.69, 9.17) is 9.47 Å². The van der Waals surface area contributed by atoms with E-state index in [1.165, 1.54) is 0 Å². The van der Waals surface area contributed by atoms with Gasteiger partial charge in [0.1, 0.15) is 5.75 Å². The summed E-state index contributed by atoms with van der Waals surface area (Å²) >= 11 is 0. The first-order valence-corrected chi connectivity index (χ1v) is 9.30. The van der Waals surface area contributed by atoms with Crippen LogP contribution in [0.3, 0.4) is 0 Å². The van der Waals surface area contributed by atoms with Gasteiger partial charge in [0, 0.05) is 12.8 Å². The largest absolute Gasteiger partial charge is 0.497 e. The molecule has 0 atom stereocenters. The minimum atomic E-state index is -0.460. The average molecular weight is 363 g/mol. The van der Waals surface area contributed by atoms with Crippen LogP contribution < -0.4 is 10.1 Å². The van der Waals surface area contributed by atoms with Crippen LogP contribution in [0.25, 0.3) is 0 Å². The minimum Gasteiger partial charge on any atom is -0.497 e. The number of hydrogen-bond donors (Lipinski definition) is 1. The molecule has 1 aromatic carbocycles. The number of ether oxygens (including phenoxy) is 2. The van der Waals surface area contributed by atoms with Crippen molar-refractivity contribution < 1.29 is 23.5 Å². The SMILES string of the molecule is CCOC(=O)c1cc(OC)cc(C)c1NC(=O)C1([N+](C)(CC)CC)CC1. The van der Waals surface area contributed by atoms with Crippen molar-refractivity contribution in [3.8, 4) is 5.75 Å². The molecule has 1 aliphatic rings. The number of methoxy groups -OCH3 is 1. The second-order valence-electron chi connectivity index (χ2n) is 7.10. The number of nitrogens with zero attached hydrogens (tertiary/aromatic N) is 1. The van der Waals surface area contributed by atoms with Gasteiger partial charge in [-0.15, -0.1) is 0 Å². The molecule has 0 bridgehead atoms. The van der Waals surface area contributed by atoms with E-state index in [-0.39, 0.29) is 12.5 Å². The maximum Gasteiger partial charge on any atom is 0.340 e. The van der Waals surface area contributed by atoms with Gasteiger partial charge >= 0.3 is 5.97 Å². The highest BCUT2D eigenvalue weighted by Crippen LogP contribution is 2.47. The highest BCUT2D eigenvalue weighted by Gasteiger charge is 2.63. The molecule has 0 spiro atoms. The number of carbonyl (C=O) groups is 2. The first kappa shape index (κ1) is 20.2. The monoisotopic (exact) mass is 363 g/mol. The standard InChI is InChI=1S/C20H30N2O4/c1-7-22(5,8-2)20(10-11-20)19(24)21-17-14(4)12-15(25-6)13-16(17)18(23)26-9-3/h12-13H,7-11H2,1-6H3/p+1. The number of rotatable bonds is 8. The summed E-state index contributed by atoms with van der Waals surface area (Å²) in [6, 6.07) is 3.43. The fraction of sp³-hybridized carbons (Fsp3) is 0.600. The fourth-order valence-corrected chi connectivity index (χ4v) is 3.60. The van der Waals surface area contributed by atoms with Crippen LogP contribution >= 0.6 is 0 Å². The Bertz CT molecular complexity index is 691. The quantitative estimate of drug-likeness (QED) is 0.569. The lowest BCUT2D eigenvalue weighted by Gasteiger charge is -2.40. The number of likely N-dealkylation sites (N-methyl/N-ethyl adjacent to an activating group) is 1. The molecule has 0 radical (unpaired) electrons. The molecule has 0 aliphatic heterocycles. The van der Waals surface area contributed by atoms with Crippen molar-refractivity contribution in [1.82, 2.24) is 0 Å². The van der Waals surface area contributed by atoms with Gasteiger partial charge in [0.15, 0.2) is 5.54 Å². The molecule has 6 heteroatoms. The van der Waals surface area contributed by atoms with E-state index >= 15 is 0 Å². The Morgan fingerprint density at radius 3 is 2.27 bits per heavy atom. The summed E-state index contributed by atoms with van der Waals surface area (Å²) < 4.78 is 11.1. The Morgan fingerprint density at radius 2 is 1.81 bits per heavy atom. The van der Waals surface area contributed by atoms with Crippen molar-refractivity contribution in [2.75, 3.05) is 39.2 Å². The molecule has 1 fully saturated rings. The number of hydrogen-bond acceptors (Lipinski definition) is 4. The van der Waals surface area contributed by atoms with Gasteiger partial charge in [-0.2, -0.15) is 0 Å². The first-order chi connectivity index (χ1) is 12.3. The Labute approximate surface area is 156 Å². The first-order valence-electron chi connectivity index (χ1n) is 9.30. The van der Waals surface area contributed by atoms with Crippen molar-refractivity contribution in [2.45, 2.75) is 46.1 Å². The van der Waals surface area contributed by atoms with Gasteiger partial charge in [0.2, 0.25) is 0 Å². The number of carbonyl (C=O) groups excluding carboxylic acids is 2. The van der Waals surface area contributed by atoms with Crippen LogP contribution in [0, 0.1) is 6.92 Å². The van der Waals surface area contributed by atoms with Crippen LogP contribution in [0.2, 0.25) is 0 Å². The summed E-state index contributed by atoms with van der Waals surface area (Å²) in [5, 5.41) is 3.04. The Hall–Kier alpha value is -2.08. The number of amides is 1. The molecule has 0 aromatic heterocycles. The lowest BCUT2D eigenvalue weighted by molar-refractivity contribution is -0.931. The van der Waals surface area contributed by atoms with E-state index in [1.807, 2.05) is 13.0 Å². The van der Waals surface area contributed by atoms with Crippen LogP contribution in [0.4, 0.5) is 5.69 Å². The summed E-state index contributed by atoms with van der Waals surface area (Å²) in [4.78, 5) is 25.6. The molecule has 0 heterocycles. The summed E-state index contributed by atoms with van der Waals surface area (Å²) in [6.45, 7) is 9.88. The number of esters is 1. The van der Waals surface area contributed by atoms with Crippen LogP contribution in [0.5, 0.6) is 5.75 Å². The smallest absolute Gasteiger partial charge is 0.340 e. The van der Waals surface area contributed by atoms with E-state index < -0.39 is 11.5 Å². The maximum absolute atomic E-state index is 13.2. The zero-order valence-electron chi connectivity index (χ0n) is 16.8. The molecule has 1 amide bonds. The third-order valence-corrected chi connectivity index (χ3v) is 5.85. The molecule has 6 nitrogen and oxygen atoms in total. The molecule has 0 saturated heterocycles. The highest BCUT2D eigenvalue weighted by atomic mass is 16.5. The summed E-state index contributed by atoms with van der Waals surface area (Å²) in [7, 11) is 3.67. The zero-order chi connectivity index (χ0) is 19.5. The predicted molar refractivity (Wildman–Crippen MR) is 102 cm³/mol. The van der Waals surface area contributed by atoms with Crippen molar-refractivity contribution in [3.63, 3.8) is 0 Å². The summed E-state index contributed by atoms with van der Waals surface area (Å²) in [5.74, 6) is 0.0767. The van der Waals surface area contributed by atoms with E-state index in [9.17, 15) is 9.59 Å². The number of nitrogens with one attached hydrogen (secondary N) is 1. The van der Waals surface area contributed by atoms with Crippen molar-refractivity contribution in [1.29, 1.82) is 0 Å². The van der Waals surface area contributed by atoms with Gasteiger partial charge in [0.05, 0.1) is 45.1 Å². The number of anilines is 1. The van der Waals surface area contributed by atoms with Crippen LogP contribution in [-0.2, 0) is 9.53 Å². The van der Waals surface area contributed by atoms with E-state index in [0.29, 0.717) is 21.5 Å². The average Bonchev–Trinajstić information content (AvgIpc) is 3.44. The minimum absolute atomic E-state index is 0.0254. The zero-order valence-corrected chi connectivity index (χ0v) is 16.8. The topological polar surface area (TPSA) is 64.6 Å². The number of quaternary nitrogens is 1. The summed E-state index contributed by atoms with van der Waals surface area (Å²) in [5.41, 5.74) is 1.20. The molecule has 26 heavy (non-hydrogen) atoms. The molecular formula is C20H31N2O4+. The van der Waals surface area contributed by atoms with Crippen LogP contribution in [0.15, 0.2) is 12.1 Å². The lowest BCUT2D eigenvalue weighted by atomic mass is 10.0. The number of aryl methyl sites for hydroxylation is 1. The third kappa shape index (κ3) is 3.43. The molecule has 1 aliphatic carbocycles. The molecule has 1 aromatic rings. The normalized spacial score (nSPS) is 15.3. The van der Waals surface area contributed by atoms with Crippen LogP contribution in [0.1, 0.15) is 49.5 Å². The van der Waals surface area contributed by atoms with Crippen LogP contribution in [-0.4, -0.2) is 55.8 Å².